The van der Waals surface area contributed by atoms with E-state index in [1.165, 1.54) is 49.8 Å². The Bertz CT molecular complexity index is 1950. The number of nitrogens with two attached hydrogens (primary N) is 1. The van der Waals surface area contributed by atoms with E-state index in [0.717, 1.165) is 11.3 Å². The molecule has 0 fully saturated rings. The third-order valence-corrected chi connectivity index (χ3v) is 8.64. The van der Waals surface area contributed by atoms with Crippen LogP contribution in [0.15, 0.2) is 48.5 Å². The number of methoxy groups -OCH3 is 7. The van der Waals surface area contributed by atoms with Crippen LogP contribution in [0.4, 0.5) is 5.69 Å². The number of ether oxygens (including phenoxy) is 7. The van der Waals surface area contributed by atoms with E-state index in [-0.39, 0.29) is 61.6 Å². The number of anilines is 1. The average molecular weight is 661 g/mol. The number of carbonyl (C=O) groups excluding carboxylic acids is 1. The quantitative estimate of drug-likeness (QED) is 0.146. The zero-order valence-corrected chi connectivity index (χ0v) is 27.5. The lowest BCUT2D eigenvalue weighted by Crippen LogP contribution is -2.07. The van der Waals surface area contributed by atoms with Crippen molar-refractivity contribution in [1.82, 2.24) is 4.98 Å². The number of hydrogen-bond donors (Lipinski definition) is 2. The van der Waals surface area contributed by atoms with Gasteiger partial charge in [-0.3, -0.25) is 4.79 Å². The summed E-state index contributed by atoms with van der Waals surface area (Å²) in [5, 5.41) is 11.1. The van der Waals surface area contributed by atoms with E-state index in [1.54, 1.807) is 48.5 Å². The largest absolute Gasteiger partial charge is 0.497 e. The average Bonchev–Trinajstić information content (AvgIpc) is 3.44. The van der Waals surface area contributed by atoms with Crippen molar-refractivity contribution in [1.29, 1.82) is 0 Å². The summed E-state index contributed by atoms with van der Waals surface area (Å²) in [6, 6.07) is 13.0. The molecule has 0 bridgehead atoms. The number of aromatic nitrogens is 1. The van der Waals surface area contributed by atoms with Crippen molar-refractivity contribution >= 4 is 39.0 Å². The van der Waals surface area contributed by atoms with Crippen LogP contribution in [0.1, 0.15) is 25.6 Å². The van der Waals surface area contributed by atoms with Crippen LogP contribution in [-0.4, -0.2) is 71.6 Å². The van der Waals surface area contributed by atoms with Crippen molar-refractivity contribution in [2.75, 3.05) is 55.5 Å². The molecule has 3 aromatic carbocycles. The monoisotopic (exact) mass is 660 g/mol. The van der Waals surface area contributed by atoms with Gasteiger partial charge in [0.2, 0.25) is 17.3 Å². The Labute approximate surface area is 274 Å². The lowest BCUT2D eigenvalue weighted by Gasteiger charge is -2.19. The fourth-order valence-corrected chi connectivity index (χ4v) is 6.41. The van der Waals surface area contributed by atoms with Gasteiger partial charge in [0.25, 0.3) is 0 Å². The molecule has 5 rings (SSSR count). The third-order valence-electron chi connectivity index (χ3n) is 7.54. The second kappa shape index (κ2) is 13.3. The van der Waals surface area contributed by atoms with Gasteiger partial charge in [-0.05, 0) is 54.1 Å². The van der Waals surface area contributed by atoms with Crippen molar-refractivity contribution in [2.24, 2.45) is 0 Å². The van der Waals surface area contributed by atoms with Crippen LogP contribution >= 0.6 is 11.3 Å². The van der Waals surface area contributed by atoms with Crippen LogP contribution in [0.3, 0.4) is 0 Å². The number of nitrogens with zero attached hydrogens (tertiary/aromatic N) is 1. The summed E-state index contributed by atoms with van der Waals surface area (Å²) in [4.78, 5) is 32.4. The van der Waals surface area contributed by atoms with Gasteiger partial charge in [-0.15, -0.1) is 11.3 Å². The van der Waals surface area contributed by atoms with Gasteiger partial charge in [0.1, 0.15) is 15.5 Å². The highest BCUT2D eigenvalue weighted by atomic mass is 32.1. The molecule has 0 atom stereocenters. The molecular weight excluding hydrogens is 628 g/mol. The van der Waals surface area contributed by atoms with E-state index in [4.69, 9.17) is 43.9 Å². The van der Waals surface area contributed by atoms with Gasteiger partial charge in [-0.25, -0.2) is 9.78 Å². The highest BCUT2D eigenvalue weighted by Gasteiger charge is 2.31. The fourth-order valence-electron chi connectivity index (χ4n) is 5.34. The molecule has 244 valence electrons. The van der Waals surface area contributed by atoms with Crippen molar-refractivity contribution in [3.63, 3.8) is 0 Å². The van der Waals surface area contributed by atoms with Crippen LogP contribution in [0.25, 0.3) is 32.6 Å². The van der Waals surface area contributed by atoms with E-state index >= 15 is 0 Å². The summed E-state index contributed by atoms with van der Waals surface area (Å²) >= 11 is 1.05. The number of carbonyl (C=O) groups is 2. The van der Waals surface area contributed by atoms with E-state index < -0.39 is 5.97 Å². The van der Waals surface area contributed by atoms with Crippen molar-refractivity contribution in [3.8, 4) is 62.6 Å². The topological polar surface area (TPSA) is 158 Å². The molecule has 2 heterocycles. The summed E-state index contributed by atoms with van der Waals surface area (Å²) in [6.45, 7) is 0. The number of pyridine rings is 1. The molecule has 3 N–H and O–H groups in total. The van der Waals surface area contributed by atoms with Crippen LogP contribution in [0, 0.1) is 0 Å². The van der Waals surface area contributed by atoms with E-state index in [0.29, 0.717) is 38.8 Å². The normalized spacial score (nSPS) is 10.8. The lowest BCUT2D eigenvalue weighted by atomic mass is 9.92. The second-order valence-electron chi connectivity index (χ2n) is 9.93. The van der Waals surface area contributed by atoms with Gasteiger partial charge in [-0.2, -0.15) is 0 Å². The number of rotatable bonds is 12. The molecular formula is C34H32N2O10S. The van der Waals surface area contributed by atoms with Crippen molar-refractivity contribution in [3.05, 3.63) is 64.5 Å². The lowest BCUT2D eigenvalue weighted by molar-refractivity contribution is 0.0698. The Balaban J connectivity index is 1.93. The Kier molecular flexibility index (Phi) is 9.29. The smallest absolute Gasteiger partial charge is 0.338 e. The SMILES string of the molecule is COc1ccc(C(=O)c2sc3nc(-c4cc(OC)c(OC)c(OC)c4)c(C(=O)O)c(-c4cc(OC)c(OC)c(OC)c4)c3c2N)cc1. The van der Waals surface area contributed by atoms with Crippen LogP contribution in [0.2, 0.25) is 0 Å². The van der Waals surface area contributed by atoms with E-state index in [1.807, 2.05) is 0 Å². The van der Waals surface area contributed by atoms with Gasteiger partial charge in [0, 0.05) is 22.1 Å². The van der Waals surface area contributed by atoms with Crippen molar-refractivity contribution < 1.29 is 47.9 Å². The number of carboxylic acid groups (broad SMARTS) is 1. The maximum Gasteiger partial charge on any atom is 0.338 e. The standard InChI is InChI=1S/C34H32N2O10S/c1-40-19-10-8-16(9-11-19)29(37)32-27(35)25-24(17-12-20(41-2)30(45-6)21(13-17)42-3)26(34(38)39)28(36-33(25)47-32)18-14-22(43-4)31(46-7)23(15-18)44-5/h8-15H,35H2,1-7H3,(H,38,39). The highest BCUT2D eigenvalue weighted by Crippen LogP contribution is 2.50. The van der Waals surface area contributed by atoms with Gasteiger partial charge in [0.05, 0.1) is 66.7 Å². The minimum atomic E-state index is -1.31. The number of nitrogen functional groups attached to an aromatic ring is 1. The molecule has 12 nitrogen and oxygen atoms in total. The molecule has 0 spiro atoms. The first-order chi connectivity index (χ1) is 22.6. The molecule has 0 unspecified atom stereocenters. The van der Waals surface area contributed by atoms with Crippen molar-refractivity contribution in [2.45, 2.75) is 0 Å². The summed E-state index contributed by atoms with van der Waals surface area (Å²) in [7, 11) is 10.3. The predicted octanol–water partition coefficient (Wildman–Crippen LogP) is 6.20. The molecule has 2 aromatic heterocycles. The third kappa shape index (κ3) is 5.65. The first-order valence-corrected chi connectivity index (χ1v) is 14.8. The molecule has 5 aromatic rings. The fraction of sp³-hybridized carbons (Fsp3) is 0.206. The summed E-state index contributed by atoms with van der Waals surface area (Å²) in [6.07, 6.45) is 0. The van der Waals surface area contributed by atoms with Gasteiger partial charge in [-0.1, -0.05) is 0 Å². The second-order valence-corrected chi connectivity index (χ2v) is 10.9. The van der Waals surface area contributed by atoms with Gasteiger partial charge in [0.15, 0.2) is 23.0 Å². The summed E-state index contributed by atoms with van der Waals surface area (Å²) < 4.78 is 38.5. The van der Waals surface area contributed by atoms with Crippen LogP contribution in [-0.2, 0) is 0 Å². The van der Waals surface area contributed by atoms with Crippen LogP contribution < -0.4 is 38.9 Å². The number of benzene rings is 3. The predicted molar refractivity (Wildman–Crippen MR) is 178 cm³/mol. The molecule has 0 aliphatic rings. The molecule has 0 saturated heterocycles. The number of carboxylic acids is 1. The molecule has 0 radical (unpaired) electrons. The first-order valence-electron chi connectivity index (χ1n) is 13.9. The maximum atomic E-state index is 13.8. The minimum absolute atomic E-state index is 0.0673. The summed E-state index contributed by atoms with van der Waals surface area (Å²) in [5.41, 5.74) is 7.95. The molecule has 0 aliphatic heterocycles. The maximum absolute atomic E-state index is 13.8. The van der Waals surface area contributed by atoms with Crippen LogP contribution in [0.5, 0.6) is 40.2 Å². The molecule has 0 aliphatic carbocycles. The number of aromatic carboxylic acids is 1. The molecule has 0 saturated carbocycles. The number of hydrogen-bond acceptors (Lipinski definition) is 12. The zero-order chi connectivity index (χ0) is 34.0. The first kappa shape index (κ1) is 32.7. The van der Waals surface area contributed by atoms with E-state index in [2.05, 4.69) is 0 Å². The number of ketones is 1. The van der Waals surface area contributed by atoms with E-state index in [9.17, 15) is 14.7 Å². The molecule has 47 heavy (non-hydrogen) atoms. The minimum Gasteiger partial charge on any atom is -0.497 e. The number of thiophene rings is 1. The molecule has 0 amide bonds. The van der Waals surface area contributed by atoms with Gasteiger partial charge < -0.3 is 44.0 Å². The Morgan fingerprint density at radius 3 is 1.62 bits per heavy atom. The Morgan fingerprint density at radius 2 is 1.19 bits per heavy atom. The number of fused-ring (bicyclic) bond motifs is 1. The Hall–Kier alpha value is -5.69. The Morgan fingerprint density at radius 1 is 0.702 bits per heavy atom. The van der Waals surface area contributed by atoms with Gasteiger partial charge >= 0.3 is 5.97 Å². The summed E-state index contributed by atoms with van der Waals surface area (Å²) in [5.74, 6) is 0.662. The zero-order valence-electron chi connectivity index (χ0n) is 26.7. The molecule has 13 heteroatoms. The highest BCUT2D eigenvalue weighted by molar-refractivity contribution is 7.21.